The summed E-state index contributed by atoms with van der Waals surface area (Å²) < 4.78 is 5.39. The highest BCUT2D eigenvalue weighted by atomic mass is 32.1. The van der Waals surface area contributed by atoms with Crippen molar-refractivity contribution in [1.82, 2.24) is 4.98 Å². The molecule has 0 fully saturated rings. The molecule has 2 aromatic carbocycles. The van der Waals surface area contributed by atoms with Crippen LogP contribution in [0.15, 0.2) is 54.6 Å². The molecule has 0 saturated heterocycles. The summed E-state index contributed by atoms with van der Waals surface area (Å²) in [5, 5.41) is 3.36. The molecule has 1 amide bonds. The number of ether oxygens (including phenoxy) is 1. The number of aromatic nitrogens is 1. The zero-order chi connectivity index (χ0) is 21.0. The lowest BCUT2D eigenvalue weighted by Gasteiger charge is -2.12. The van der Waals surface area contributed by atoms with Crippen LogP contribution in [0.25, 0.3) is 10.6 Å². The fourth-order valence-corrected chi connectivity index (χ4v) is 3.67. The largest absolute Gasteiger partial charge is 0.450 e. The van der Waals surface area contributed by atoms with Gasteiger partial charge in [0.25, 0.3) is 0 Å². The number of Topliss-reactive ketones (excluding diaryl/α,β-unsaturated/α-hetero) is 1. The van der Waals surface area contributed by atoms with E-state index >= 15 is 0 Å². The number of thiazole rings is 1. The number of hydrogen-bond donors (Lipinski definition) is 1. The summed E-state index contributed by atoms with van der Waals surface area (Å²) in [6, 6.07) is 16.0. The fraction of sp³-hybridized carbons (Fsp3) is 0.182. The van der Waals surface area contributed by atoms with Crippen LogP contribution in [0, 0.1) is 6.92 Å². The number of hydrogen-bond acceptors (Lipinski definition) is 6. The summed E-state index contributed by atoms with van der Waals surface area (Å²) in [7, 11) is 0. The summed E-state index contributed by atoms with van der Waals surface area (Å²) >= 11 is 1.24. The monoisotopic (exact) mass is 408 g/mol. The third-order valence-corrected chi connectivity index (χ3v) is 5.33. The van der Waals surface area contributed by atoms with E-state index in [0.717, 1.165) is 10.6 Å². The van der Waals surface area contributed by atoms with Crippen LogP contribution in [0.1, 0.15) is 39.6 Å². The normalized spacial score (nSPS) is 11.6. The number of ketones is 1. The van der Waals surface area contributed by atoms with Gasteiger partial charge in [-0.3, -0.25) is 9.59 Å². The number of nitrogens with zero attached hydrogens (tertiary/aromatic N) is 1. The maximum atomic E-state index is 12.6. The molecule has 29 heavy (non-hydrogen) atoms. The first-order valence-corrected chi connectivity index (χ1v) is 9.82. The van der Waals surface area contributed by atoms with Gasteiger partial charge in [0, 0.05) is 23.7 Å². The minimum atomic E-state index is -0.948. The average Bonchev–Trinajstić information content (AvgIpc) is 3.10. The molecule has 0 radical (unpaired) electrons. The summed E-state index contributed by atoms with van der Waals surface area (Å²) in [4.78, 5) is 41.1. The number of rotatable bonds is 6. The van der Waals surface area contributed by atoms with Crippen LogP contribution in [-0.4, -0.2) is 28.7 Å². The second-order valence-electron chi connectivity index (χ2n) is 6.47. The third-order valence-electron chi connectivity index (χ3n) is 4.15. The van der Waals surface area contributed by atoms with E-state index in [9.17, 15) is 14.4 Å². The van der Waals surface area contributed by atoms with Crippen molar-refractivity contribution in [3.05, 3.63) is 70.7 Å². The van der Waals surface area contributed by atoms with Gasteiger partial charge in [0.15, 0.2) is 6.10 Å². The molecule has 0 bridgehead atoms. The third kappa shape index (κ3) is 4.94. The van der Waals surface area contributed by atoms with E-state index < -0.39 is 12.1 Å². The topological polar surface area (TPSA) is 85.4 Å². The second kappa shape index (κ2) is 8.79. The van der Waals surface area contributed by atoms with Crippen molar-refractivity contribution < 1.29 is 19.1 Å². The number of esters is 1. The zero-order valence-electron chi connectivity index (χ0n) is 16.3. The van der Waals surface area contributed by atoms with Crippen LogP contribution in [0.3, 0.4) is 0 Å². The van der Waals surface area contributed by atoms with Gasteiger partial charge in [-0.1, -0.05) is 30.3 Å². The van der Waals surface area contributed by atoms with Crippen LogP contribution in [0.5, 0.6) is 0 Å². The number of nitrogens with one attached hydrogen (secondary N) is 1. The van der Waals surface area contributed by atoms with Gasteiger partial charge in [-0.2, -0.15) is 0 Å². The van der Waals surface area contributed by atoms with E-state index in [1.54, 1.807) is 31.2 Å². The van der Waals surface area contributed by atoms with Gasteiger partial charge in [-0.05, 0) is 38.1 Å². The minimum Gasteiger partial charge on any atom is -0.450 e. The number of anilines is 1. The van der Waals surface area contributed by atoms with E-state index in [-0.39, 0.29) is 11.7 Å². The maximum Gasteiger partial charge on any atom is 0.350 e. The molecule has 1 heterocycles. The van der Waals surface area contributed by atoms with Crippen molar-refractivity contribution in [3.63, 3.8) is 0 Å². The molecule has 3 rings (SSSR count). The van der Waals surface area contributed by atoms with Gasteiger partial charge in [0.05, 0.1) is 5.69 Å². The number of carbonyl (C=O) groups is 3. The lowest BCUT2D eigenvalue weighted by molar-refractivity contribution is -0.114. The molecule has 0 aliphatic carbocycles. The van der Waals surface area contributed by atoms with E-state index in [1.807, 2.05) is 30.3 Å². The Morgan fingerprint density at radius 3 is 2.31 bits per heavy atom. The Labute approximate surface area is 172 Å². The number of benzene rings is 2. The fourth-order valence-electron chi connectivity index (χ4n) is 2.71. The lowest BCUT2D eigenvalue weighted by Crippen LogP contribution is -2.24. The van der Waals surface area contributed by atoms with E-state index in [4.69, 9.17) is 4.74 Å². The molecule has 0 saturated carbocycles. The first kappa shape index (κ1) is 20.4. The second-order valence-corrected chi connectivity index (χ2v) is 7.47. The molecule has 1 N–H and O–H groups in total. The Bertz CT molecular complexity index is 1040. The molecule has 0 aliphatic heterocycles. The number of amides is 1. The zero-order valence-corrected chi connectivity index (χ0v) is 17.1. The molecule has 3 aromatic rings. The number of aryl methyl sites for hydroxylation is 1. The van der Waals surface area contributed by atoms with Gasteiger partial charge in [0.1, 0.15) is 9.88 Å². The Hall–Kier alpha value is -3.32. The van der Waals surface area contributed by atoms with Crippen molar-refractivity contribution in [2.24, 2.45) is 0 Å². The van der Waals surface area contributed by atoms with Crippen LogP contribution >= 0.6 is 11.3 Å². The minimum absolute atomic E-state index is 0.193. The van der Waals surface area contributed by atoms with E-state index in [0.29, 0.717) is 21.8 Å². The standard InChI is InChI=1S/C22H20N2O4S/c1-13-20(29-21(23-13)17-7-5-4-6-8-17)22(27)28-14(2)19(26)16-9-11-18(12-10-16)24-15(3)25/h4-12,14H,1-3H3,(H,24,25)/t14-/m1/s1. The Balaban J connectivity index is 1.69. The molecule has 0 unspecified atom stereocenters. The summed E-state index contributed by atoms with van der Waals surface area (Å²) in [5.41, 5.74) is 2.47. The van der Waals surface area contributed by atoms with Crippen molar-refractivity contribution in [1.29, 1.82) is 0 Å². The predicted octanol–water partition coefficient (Wildman–Crippen LogP) is 4.51. The molecule has 0 aliphatic rings. The van der Waals surface area contributed by atoms with Gasteiger partial charge in [-0.25, -0.2) is 9.78 Å². The Morgan fingerprint density at radius 2 is 1.69 bits per heavy atom. The molecule has 148 valence electrons. The summed E-state index contributed by atoms with van der Waals surface area (Å²) in [6.45, 7) is 4.69. The van der Waals surface area contributed by atoms with Crippen LogP contribution in [0.2, 0.25) is 0 Å². The van der Waals surface area contributed by atoms with Gasteiger partial charge >= 0.3 is 5.97 Å². The van der Waals surface area contributed by atoms with Gasteiger partial charge in [-0.15, -0.1) is 11.3 Å². The van der Waals surface area contributed by atoms with Crippen molar-refractivity contribution in [2.75, 3.05) is 5.32 Å². The van der Waals surface area contributed by atoms with Crippen LogP contribution in [0.4, 0.5) is 5.69 Å². The maximum absolute atomic E-state index is 12.6. The van der Waals surface area contributed by atoms with Gasteiger partial charge in [0.2, 0.25) is 11.7 Å². The van der Waals surface area contributed by atoms with Crippen molar-refractivity contribution in [2.45, 2.75) is 26.9 Å². The molecule has 0 spiro atoms. The first-order valence-electron chi connectivity index (χ1n) is 9.01. The summed E-state index contributed by atoms with van der Waals surface area (Å²) in [5.74, 6) is -1.09. The smallest absolute Gasteiger partial charge is 0.350 e. The number of carbonyl (C=O) groups excluding carboxylic acids is 3. The lowest BCUT2D eigenvalue weighted by atomic mass is 10.1. The molecule has 1 aromatic heterocycles. The van der Waals surface area contributed by atoms with Gasteiger partial charge < -0.3 is 10.1 Å². The highest BCUT2D eigenvalue weighted by molar-refractivity contribution is 7.17. The van der Waals surface area contributed by atoms with E-state index in [2.05, 4.69) is 10.3 Å². The SMILES string of the molecule is CC(=O)Nc1ccc(C(=O)[C@@H](C)OC(=O)c2sc(-c3ccccc3)nc2C)cc1. The Kier molecular flexibility index (Phi) is 6.19. The van der Waals surface area contributed by atoms with Crippen LogP contribution < -0.4 is 5.32 Å². The molecule has 6 nitrogen and oxygen atoms in total. The highest BCUT2D eigenvalue weighted by Gasteiger charge is 2.24. The van der Waals surface area contributed by atoms with Crippen molar-refractivity contribution in [3.8, 4) is 10.6 Å². The molecular weight excluding hydrogens is 388 g/mol. The van der Waals surface area contributed by atoms with Crippen LogP contribution in [-0.2, 0) is 9.53 Å². The summed E-state index contributed by atoms with van der Waals surface area (Å²) in [6.07, 6.45) is -0.948. The first-order chi connectivity index (χ1) is 13.8. The molecule has 7 heteroatoms. The predicted molar refractivity (Wildman–Crippen MR) is 112 cm³/mol. The Morgan fingerprint density at radius 1 is 1.03 bits per heavy atom. The highest BCUT2D eigenvalue weighted by Crippen LogP contribution is 2.28. The van der Waals surface area contributed by atoms with Crippen molar-refractivity contribution >= 4 is 34.7 Å². The molecular formula is C22H20N2O4S. The van der Waals surface area contributed by atoms with E-state index in [1.165, 1.54) is 25.2 Å². The average molecular weight is 408 g/mol. The molecule has 1 atom stereocenters. The quantitative estimate of drug-likeness (QED) is 0.479.